The van der Waals surface area contributed by atoms with Crippen LogP contribution in [0.2, 0.25) is 0 Å². The van der Waals surface area contributed by atoms with Gasteiger partial charge in [-0.3, -0.25) is 9.78 Å². The Hall–Kier alpha value is -1.96. The van der Waals surface area contributed by atoms with Crippen LogP contribution in [-0.4, -0.2) is 23.0 Å². The van der Waals surface area contributed by atoms with Gasteiger partial charge in [-0.25, -0.2) is 4.79 Å². The van der Waals surface area contributed by atoms with E-state index in [0.717, 1.165) is 3.57 Å². The van der Waals surface area contributed by atoms with E-state index in [1.54, 1.807) is 31.2 Å². The van der Waals surface area contributed by atoms with Crippen molar-refractivity contribution < 1.29 is 14.3 Å². The Morgan fingerprint density at radius 3 is 2.41 bits per heavy atom. The van der Waals surface area contributed by atoms with Crippen molar-refractivity contribution >= 4 is 40.2 Å². The van der Waals surface area contributed by atoms with Crippen molar-refractivity contribution in [2.75, 3.05) is 5.32 Å². The second-order valence-corrected chi connectivity index (χ2v) is 5.78. The summed E-state index contributed by atoms with van der Waals surface area (Å²) >= 11 is 2.19. The average molecular weight is 410 g/mol. The summed E-state index contributed by atoms with van der Waals surface area (Å²) in [4.78, 5) is 28.0. The Bertz CT molecular complexity index is 644. The number of nitrogens with one attached hydrogen (secondary N) is 1. The molecule has 1 heterocycles. The number of halogens is 1. The molecule has 0 spiro atoms. The summed E-state index contributed by atoms with van der Waals surface area (Å²) in [6, 6.07) is 10.5. The summed E-state index contributed by atoms with van der Waals surface area (Å²) in [5, 5.41) is 2.75. The fourth-order valence-corrected chi connectivity index (χ4v) is 2.12. The molecule has 0 radical (unpaired) electrons. The highest BCUT2D eigenvalue weighted by molar-refractivity contribution is 14.1. The SMILES string of the molecule is CCC(OC(=O)c1ccncc1)C(=O)Nc1ccc(I)cc1. The molecule has 0 saturated carbocycles. The normalized spacial score (nSPS) is 11.5. The monoisotopic (exact) mass is 410 g/mol. The molecular weight excluding hydrogens is 395 g/mol. The van der Waals surface area contributed by atoms with Crippen LogP contribution in [0.25, 0.3) is 0 Å². The molecule has 114 valence electrons. The highest BCUT2D eigenvalue weighted by Crippen LogP contribution is 2.13. The predicted octanol–water partition coefficient (Wildman–Crippen LogP) is 3.26. The summed E-state index contributed by atoms with van der Waals surface area (Å²) < 4.78 is 6.34. The van der Waals surface area contributed by atoms with Crippen LogP contribution in [-0.2, 0) is 9.53 Å². The number of hydrogen-bond donors (Lipinski definition) is 1. The van der Waals surface area contributed by atoms with E-state index in [9.17, 15) is 9.59 Å². The number of benzene rings is 1. The van der Waals surface area contributed by atoms with Crippen molar-refractivity contribution in [2.45, 2.75) is 19.4 Å². The molecule has 5 nitrogen and oxygen atoms in total. The third-order valence-corrected chi connectivity index (χ3v) is 3.66. The number of ether oxygens (including phenoxy) is 1. The summed E-state index contributed by atoms with van der Waals surface area (Å²) in [7, 11) is 0. The number of rotatable bonds is 5. The van der Waals surface area contributed by atoms with Gasteiger partial charge in [0.1, 0.15) is 0 Å². The molecule has 2 aromatic rings. The number of anilines is 1. The number of carbonyl (C=O) groups excluding carboxylic acids is 2. The highest BCUT2D eigenvalue weighted by Gasteiger charge is 2.22. The van der Waals surface area contributed by atoms with E-state index in [1.165, 1.54) is 12.4 Å². The quantitative estimate of drug-likeness (QED) is 0.607. The zero-order chi connectivity index (χ0) is 15.9. The molecule has 1 N–H and O–H groups in total. The summed E-state index contributed by atoms with van der Waals surface area (Å²) in [5.41, 5.74) is 1.04. The molecule has 1 atom stereocenters. The third kappa shape index (κ3) is 4.52. The van der Waals surface area contributed by atoms with Crippen LogP contribution in [0.5, 0.6) is 0 Å². The van der Waals surface area contributed by atoms with E-state index >= 15 is 0 Å². The molecule has 0 saturated heterocycles. The molecule has 22 heavy (non-hydrogen) atoms. The van der Waals surface area contributed by atoms with Gasteiger partial charge in [-0.2, -0.15) is 0 Å². The van der Waals surface area contributed by atoms with Crippen molar-refractivity contribution in [3.63, 3.8) is 0 Å². The zero-order valence-electron chi connectivity index (χ0n) is 12.0. The van der Waals surface area contributed by atoms with Crippen molar-refractivity contribution in [1.29, 1.82) is 0 Å². The topological polar surface area (TPSA) is 68.3 Å². The van der Waals surface area contributed by atoms with Crippen LogP contribution in [0.4, 0.5) is 5.69 Å². The van der Waals surface area contributed by atoms with E-state index < -0.39 is 12.1 Å². The minimum absolute atomic E-state index is 0.342. The van der Waals surface area contributed by atoms with Gasteiger partial charge in [0.25, 0.3) is 5.91 Å². The second-order valence-electron chi connectivity index (χ2n) is 4.53. The van der Waals surface area contributed by atoms with Gasteiger partial charge < -0.3 is 10.1 Å². The fourth-order valence-electron chi connectivity index (χ4n) is 1.76. The number of pyridine rings is 1. The fraction of sp³-hybridized carbons (Fsp3) is 0.188. The van der Waals surface area contributed by atoms with E-state index in [4.69, 9.17) is 4.74 Å². The molecule has 0 fully saturated rings. The van der Waals surface area contributed by atoms with Crippen LogP contribution in [0.3, 0.4) is 0 Å². The number of esters is 1. The maximum atomic E-state index is 12.2. The molecular formula is C16H15IN2O3. The summed E-state index contributed by atoms with van der Waals surface area (Å²) in [6.07, 6.45) is 2.57. The Kier molecular flexibility index (Phi) is 5.88. The molecule has 1 aromatic carbocycles. The Morgan fingerprint density at radius 2 is 1.82 bits per heavy atom. The number of amides is 1. The van der Waals surface area contributed by atoms with Gasteiger partial charge in [-0.15, -0.1) is 0 Å². The van der Waals surface area contributed by atoms with E-state index in [1.807, 2.05) is 12.1 Å². The summed E-state index contributed by atoms with van der Waals surface area (Å²) in [5.74, 6) is -0.877. The molecule has 0 aliphatic heterocycles. The maximum Gasteiger partial charge on any atom is 0.339 e. The first-order valence-electron chi connectivity index (χ1n) is 6.77. The average Bonchev–Trinajstić information content (AvgIpc) is 2.55. The maximum absolute atomic E-state index is 12.2. The van der Waals surface area contributed by atoms with Crippen molar-refractivity contribution in [1.82, 2.24) is 4.98 Å². The lowest BCUT2D eigenvalue weighted by molar-refractivity contribution is -0.124. The first kappa shape index (κ1) is 16.4. The first-order valence-corrected chi connectivity index (χ1v) is 7.85. The van der Waals surface area contributed by atoms with Crippen molar-refractivity contribution in [2.24, 2.45) is 0 Å². The molecule has 0 aliphatic rings. The predicted molar refractivity (Wildman–Crippen MR) is 91.5 cm³/mol. The van der Waals surface area contributed by atoms with Gasteiger partial charge >= 0.3 is 5.97 Å². The van der Waals surface area contributed by atoms with Gasteiger partial charge in [0.2, 0.25) is 0 Å². The standard InChI is InChI=1S/C16H15IN2O3/c1-2-14(22-16(21)11-7-9-18-10-8-11)15(20)19-13-5-3-12(17)4-6-13/h3-10,14H,2H2,1H3,(H,19,20). The lowest BCUT2D eigenvalue weighted by atomic mass is 10.2. The molecule has 2 rings (SSSR count). The second kappa shape index (κ2) is 7.88. The first-order chi connectivity index (χ1) is 10.6. The summed E-state index contributed by atoms with van der Waals surface area (Å²) in [6.45, 7) is 1.79. The Labute approximate surface area is 142 Å². The van der Waals surface area contributed by atoms with Gasteiger partial charge in [-0.05, 0) is 65.4 Å². The minimum Gasteiger partial charge on any atom is -0.449 e. The molecule has 0 bridgehead atoms. The van der Waals surface area contributed by atoms with Crippen LogP contribution < -0.4 is 5.32 Å². The van der Waals surface area contributed by atoms with Crippen LogP contribution >= 0.6 is 22.6 Å². The lowest BCUT2D eigenvalue weighted by Crippen LogP contribution is -2.32. The van der Waals surface area contributed by atoms with Gasteiger partial charge in [0.15, 0.2) is 6.10 Å². The highest BCUT2D eigenvalue weighted by atomic mass is 127. The Balaban J connectivity index is 2.00. The minimum atomic E-state index is -0.833. The van der Waals surface area contributed by atoms with Crippen LogP contribution in [0.15, 0.2) is 48.8 Å². The van der Waals surface area contributed by atoms with Crippen LogP contribution in [0, 0.1) is 3.57 Å². The van der Waals surface area contributed by atoms with Crippen molar-refractivity contribution in [3.8, 4) is 0 Å². The molecule has 1 amide bonds. The van der Waals surface area contributed by atoms with Crippen molar-refractivity contribution in [3.05, 3.63) is 57.9 Å². The van der Waals surface area contributed by atoms with Gasteiger partial charge in [-0.1, -0.05) is 6.92 Å². The molecule has 0 aliphatic carbocycles. The molecule has 1 aromatic heterocycles. The molecule has 1 unspecified atom stereocenters. The Morgan fingerprint density at radius 1 is 1.18 bits per heavy atom. The number of carbonyl (C=O) groups is 2. The van der Waals surface area contributed by atoms with Crippen LogP contribution in [0.1, 0.15) is 23.7 Å². The number of nitrogens with zero attached hydrogens (tertiary/aromatic N) is 1. The smallest absolute Gasteiger partial charge is 0.339 e. The lowest BCUT2D eigenvalue weighted by Gasteiger charge is -2.16. The van der Waals surface area contributed by atoms with E-state index in [0.29, 0.717) is 17.7 Å². The van der Waals surface area contributed by atoms with E-state index in [2.05, 4.69) is 32.9 Å². The zero-order valence-corrected chi connectivity index (χ0v) is 14.1. The number of hydrogen-bond acceptors (Lipinski definition) is 4. The van der Waals surface area contributed by atoms with Gasteiger partial charge in [0.05, 0.1) is 5.56 Å². The van der Waals surface area contributed by atoms with Gasteiger partial charge in [0, 0.05) is 21.7 Å². The number of aromatic nitrogens is 1. The largest absolute Gasteiger partial charge is 0.449 e. The third-order valence-electron chi connectivity index (χ3n) is 2.94. The molecule has 6 heteroatoms. The van der Waals surface area contributed by atoms with E-state index in [-0.39, 0.29) is 5.91 Å².